The highest BCUT2D eigenvalue weighted by atomic mass is 35.5. The molecule has 0 saturated carbocycles. The Hall–Kier alpha value is -0.0100. The van der Waals surface area contributed by atoms with Crippen LogP contribution in [-0.4, -0.2) is 43.6 Å². The summed E-state index contributed by atoms with van der Waals surface area (Å²) in [5.41, 5.74) is 0. The third kappa shape index (κ3) is 6.55. The summed E-state index contributed by atoms with van der Waals surface area (Å²) in [7, 11) is -3.82. The number of rotatable bonds is 7. The number of unbranched alkanes of at least 4 members (excludes halogenated alkanes) is 1. The summed E-state index contributed by atoms with van der Waals surface area (Å²) in [4.78, 5) is 0. The van der Waals surface area contributed by atoms with Crippen molar-refractivity contribution in [1.82, 2.24) is 4.31 Å². The van der Waals surface area contributed by atoms with Crippen molar-refractivity contribution < 1.29 is 21.6 Å². The molecule has 0 aromatic carbocycles. The summed E-state index contributed by atoms with van der Waals surface area (Å²) in [6, 6.07) is 0. The van der Waals surface area contributed by atoms with Gasteiger partial charge in [0.05, 0.1) is 5.75 Å². The molecule has 0 rings (SSSR count). The Balaban J connectivity index is 4.44. The molecule has 0 unspecified atom stereocenters. The number of alkyl halides is 4. The molecule has 0 radical (unpaired) electrons. The molecule has 0 aromatic heterocycles. The van der Waals surface area contributed by atoms with Gasteiger partial charge in [0, 0.05) is 12.4 Å². The van der Waals surface area contributed by atoms with Crippen LogP contribution in [0.5, 0.6) is 0 Å². The summed E-state index contributed by atoms with van der Waals surface area (Å²) >= 11 is 5.36. The van der Waals surface area contributed by atoms with Crippen LogP contribution in [0.1, 0.15) is 19.8 Å². The van der Waals surface area contributed by atoms with Crippen molar-refractivity contribution in [1.29, 1.82) is 0 Å². The molecule has 0 N–H and O–H groups in total. The molecule has 0 saturated heterocycles. The fraction of sp³-hybridized carbons (Fsp3) is 1.00. The van der Waals surface area contributed by atoms with Crippen LogP contribution in [0.15, 0.2) is 0 Å². The Kier molecular flexibility index (Phi) is 6.65. The van der Waals surface area contributed by atoms with Crippen LogP contribution in [0.4, 0.5) is 13.2 Å². The van der Waals surface area contributed by atoms with Gasteiger partial charge in [-0.15, -0.1) is 11.6 Å². The monoisotopic (exact) mass is 281 g/mol. The summed E-state index contributed by atoms with van der Waals surface area (Å²) in [6.07, 6.45) is -3.75. The second kappa shape index (κ2) is 6.66. The zero-order chi connectivity index (χ0) is 12.8. The third-order valence-electron chi connectivity index (χ3n) is 1.89. The summed E-state index contributed by atoms with van der Waals surface area (Å²) in [5, 5.41) is 0. The smallest absolute Gasteiger partial charge is 0.212 e. The first-order chi connectivity index (χ1) is 7.23. The molecule has 0 aliphatic carbocycles. The fourth-order valence-electron chi connectivity index (χ4n) is 1.11. The van der Waals surface area contributed by atoms with Gasteiger partial charge in [0.25, 0.3) is 0 Å². The van der Waals surface area contributed by atoms with Crippen molar-refractivity contribution in [3.63, 3.8) is 0 Å². The van der Waals surface area contributed by atoms with E-state index in [-0.39, 0.29) is 18.7 Å². The van der Waals surface area contributed by atoms with Crippen LogP contribution in [0.25, 0.3) is 0 Å². The fourth-order valence-corrected chi connectivity index (χ4v) is 2.87. The maximum Gasteiger partial charge on any atom is 0.402 e. The Morgan fingerprint density at radius 1 is 1.25 bits per heavy atom. The van der Waals surface area contributed by atoms with Gasteiger partial charge in [-0.3, -0.25) is 0 Å². The first-order valence-corrected chi connectivity index (χ1v) is 6.98. The number of halogens is 4. The number of sulfonamides is 1. The van der Waals surface area contributed by atoms with E-state index < -0.39 is 22.7 Å². The van der Waals surface area contributed by atoms with E-state index in [2.05, 4.69) is 0 Å². The van der Waals surface area contributed by atoms with Crippen molar-refractivity contribution in [2.45, 2.75) is 25.9 Å². The zero-order valence-electron chi connectivity index (χ0n) is 8.93. The highest BCUT2D eigenvalue weighted by Gasteiger charge is 2.35. The molecule has 0 bridgehead atoms. The predicted molar refractivity (Wildman–Crippen MR) is 57.0 cm³/mol. The summed E-state index contributed by atoms with van der Waals surface area (Å²) in [6.45, 7) is -0.222. The van der Waals surface area contributed by atoms with Crippen LogP contribution < -0.4 is 0 Å². The lowest BCUT2D eigenvalue weighted by Crippen LogP contribution is -2.40. The molecule has 0 aromatic rings. The molecule has 0 spiro atoms. The topological polar surface area (TPSA) is 37.4 Å². The predicted octanol–water partition coefficient (Wildman–Crippen LogP) is 2.22. The molecule has 0 amide bonds. The van der Waals surface area contributed by atoms with E-state index in [0.29, 0.717) is 16.6 Å². The van der Waals surface area contributed by atoms with E-state index in [1.165, 1.54) is 6.92 Å². The molecule has 0 fully saturated rings. The lowest BCUT2D eigenvalue weighted by Gasteiger charge is -2.21. The Morgan fingerprint density at radius 2 is 1.81 bits per heavy atom. The average Bonchev–Trinajstić information content (AvgIpc) is 2.13. The van der Waals surface area contributed by atoms with Gasteiger partial charge in [-0.05, 0) is 12.8 Å². The maximum absolute atomic E-state index is 12.1. The third-order valence-corrected chi connectivity index (χ3v) is 4.13. The van der Waals surface area contributed by atoms with Crippen molar-refractivity contribution >= 4 is 21.6 Å². The summed E-state index contributed by atoms with van der Waals surface area (Å²) in [5.74, 6) is 0.0184. The Morgan fingerprint density at radius 3 is 2.19 bits per heavy atom. The van der Waals surface area contributed by atoms with Crippen LogP contribution in [0.2, 0.25) is 0 Å². The molecule has 16 heavy (non-hydrogen) atoms. The van der Waals surface area contributed by atoms with E-state index >= 15 is 0 Å². The van der Waals surface area contributed by atoms with Gasteiger partial charge in [0.1, 0.15) is 6.54 Å². The molecule has 0 heterocycles. The van der Waals surface area contributed by atoms with Gasteiger partial charge in [-0.25, -0.2) is 8.42 Å². The molecular formula is C8H15ClF3NO2S. The standard InChI is InChI=1S/C8H15ClF3NO2S/c1-2-13(7-8(10,11)12)16(14,15)6-4-3-5-9/h2-7H2,1H3. The van der Waals surface area contributed by atoms with Crippen molar-refractivity contribution in [3.8, 4) is 0 Å². The first kappa shape index (κ1) is 16.0. The molecular weight excluding hydrogens is 267 g/mol. The van der Waals surface area contributed by atoms with Gasteiger partial charge >= 0.3 is 6.18 Å². The lowest BCUT2D eigenvalue weighted by atomic mass is 10.4. The quantitative estimate of drug-likeness (QED) is 0.530. The van der Waals surface area contributed by atoms with Crippen molar-refractivity contribution in [2.24, 2.45) is 0 Å². The van der Waals surface area contributed by atoms with E-state index in [1.54, 1.807) is 0 Å². The second-order valence-electron chi connectivity index (χ2n) is 3.25. The van der Waals surface area contributed by atoms with E-state index in [4.69, 9.17) is 11.6 Å². The molecule has 0 atom stereocenters. The minimum absolute atomic E-state index is 0.178. The van der Waals surface area contributed by atoms with Gasteiger partial charge in [-0.2, -0.15) is 17.5 Å². The minimum Gasteiger partial charge on any atom is -0.212 e. The van der Waals surface area contributed by atoms with Crippen molar-refractivity contribution in [2.75, 3.05) is 24.7 Å². The second-order valence-corrected chi connectivity index (χ2v) is 5.72. The normalized spacial score (nSPS) is 13.4. The van der Waals surface area contributed by atoms with E-state index in [9.17, 15) is 21.6 Å². The van der Waals surface area contributed by atoms with Gasteiger partial charge < -0.3 is 0 Å². The molecule has 0 aliphatic heterocycles. The van der Waals surface area contributed by atoms with Crippen LogP contribution in [0.3, 0.4) is 0 Å². The van der Waals surface area contributed by atoms with Crippen LogP contribution in [0, 0.1) is 0 Å². The molecule has 0 aliphatic rings. The SMILES string of the molecule is CCN(CC(F)(F)F)S(=O)(=O)CCCCCl. The number of hydrogen-bond acceptors (Lipinski definition) is 2. The van der Waals surface area contributed by atoms with Crippen LogP contribution in [-0.2, 0) is 10.0 Å². The lowest BCUT2D eigenvalue weighted by molar-refractivity contribution is -0.135. The zero-order valence-corrected chi connectivity index (χ0v) is 10.5. The highest BCUT2D eigenvalue weighted by Crippen LogP contribution is 2.19. The van der Waals surface area contributed by atoms with Gasteiger partial charge in [-0.1, -0.05) is 6.92 Å². The molecule has 3 nitrogen and oxygen atoms in total. The first-order valence-electron chi connectivity index (χ1n) is 4.83. The largest absolute Gasteiger partial charge is 0.402 e. The van der Waals surface area contributed by atoms with E-state index in [0.717, 1.165) is 0 Å². The van der Waals surface area contributed by atoms with Gasteiger partial charge in [0.15, 0.2) is 0 Å². The van der Waals surface area contributed by atoms with Gasteiger partial charge in [0.2, 0.25) is 10.0 Å². The molecule has 8 heteroatoms. The minimum atomic E-state index is -4.50. The number of hydrogen-bond donors (Lipinski definition) is 0. The van der Waals surface area contributed by atoms with E-state index in [1.807, 2.05) is 0 Å². The summed E-state index contributed by atoms with van der Waals surface area (Å²) < 4.78 is 59.7. The van der Waals surface area contributed by atoms with Crippen LogP contribution >= 0.6 is 11.6 Å². The Bertz CT molecular complexity index is 292. The number of nitrogens with zero attached hydrogens (tertiary/aromatic N) is 1. The Labute approximate surface area is 98.6 Å². The maximum atomic E-state index is 12.1. The molecule has 98 valence electrons. The van der Waals surface area contributed by atoms with Crippen molar-refractivity contribution in [3.05, 3.63) is 0 Å². The average molecular weight is 282 g/mol. The highest BCUT2D eigenvalue weighted by molar-refractivity contribution is 7.89.